The van der Waals surface area contributed by atoms with Crippen molar-refractivity contribution in [2.24, 2.45) is 0 Å². The molecule has 0 aromatic heterocycles. The predicted octanol–water partition coefficient (Wildman–Crippen LogP) is 3.77. The van der Waals surface area contributed by atoms with E-state index in [4.69, 9.17) is 4.74 Å². The summed E-state index contributed by atoms with van der Waals surface area (Å²) in [7, 11) is 0. The Balaban J connectivity index is 1.54. The van der Waals surface area contributed by atoms with Gasteiger partial charge in [-0.2, -0.15) is 0 Å². The Kier molecular flexibility index (Phi) is 7.45. The van der Waals surface area contributed by atoms with Crippen molar-refractivity contribution in [1.29, 1.82) is 0 Å². The summed E-state index contributed by atoms with van der Waals surface area (Å²) in [4.78, 5) is 11.8. The van der Waals surface area contributed by atoms with Gasteiger partial charge in [-0.15, -0.1) is 0 Å². The van der Waals surface area contributed by atoms with Crippen molar-refractivity contribution in [2.45, 2.75) is 89.4 Å². The molecule has 0 aromatic carbocycles. The van der Waals surface area contributed by atoms with Gasteiger partial charge in [-0.05, 0) is 57.6 Å². The number of hydrogen-bond donors (Lipinski definition) is 1. The maximum atomic E-state index is 11.8. The van der Waals surface area contributed by atoms with Gasteiger partial charge in [0, 0.05) is 12.5 Å². The third-order valence-corrected chi connectivity index (χ3v) is 4.56. The molecule has 120 valence electrons. The summed E-state index contributed by atoms with van der Waals surface area (Å²) in [5, 5.41) is 3.61. The van der Waals surface area contributed by atoms with Gasteiger partial charge in [0.05, 0.1) is 12.2 Å². The monoisotopic (exact) mass is 293 g/mol. The van der Waals surface area contributed by atoms with Crippen molar-refractivity contribution >= 4 is 5.78 Å². The number of carbonyl (C=O) groups is 1. The van der Waals surface area contributed by atoms with Crippen LogP contribution < -0.4 is 5.32 Å². The Morgan fingerprint density at radius 2 is 2.19 bits per heavy atom. The van der Waals surface area contributed by atoms with Crippen LogP contribution in [0.4, 0.5) is 0 Å². The molecule has 2 aliphatic heterocycles. The first-order chi connectivity index (χ1) is 10.3. The predicted molar refractivity (Wildman–Crippen MR) is 86.4 cm³/mol. The fraction of sp³-hybridized carbons (Fsp3) is 0.833. The quantitative estimate of drug-likeness (QED) is 0.400. The summed E-state index contributed by atoms with van der Waals surface area (Å²) in [6, 6.07) is 0.543. The number of ketones is 1. The molecule has 0 saturated carbocycles. The highest BCUT2D eigenvalue weighted by molar-refractivity contribution is 5.89. The minimum Gasteiger partial charge on any atom is -0.370 e. The molecule has 3 heteroatoms. The minimum atomic E-state index is 0.290. The smallest absolute Gasteiger partial charge is 0.155 e. The van der Waals surface area contributed by atoms with Crippen LogP contribution >= 0.6 is 0 Å². The van der Waals surface area contributed by atoms with E-state index in [0.717, 1.165) is 32.2 Å². The first kappa shape index (κ1) is 16.7. The Morgan fingerprint density at radius 3 is 3.05 bits per heavy atom. The number of unbranched alkanes of at least 4 members (excludes halogenated alkanes) is 3. The molecular weight excluding hydrogens is 262 g/mol. The van der Waals surface area contributed by atoms with Crippen molar-refractivity contribution in [3.05, 3.63) is 12.2 Å². The van der Waals surface area contributed by atoms with Gasteiger partial charge in [-0.1, -0.05) is 25.8 Å². The molecule has 1 N–H and O–H groups in total. The van der Waals surface area contributed by atoms with Gasteiger partial charge in [-0.25, -0.2) is 0 Å². The molecule has 3 atom stereocenters. The normalized spacial score (nSPS) is 28.9. The summed E-state index contributed by atoms with van der Waals surface area (Å²) in [5.41, 5.74) is 0. The van der Waals surface area contributed by atoms with Crippen molar-refractivity contribution in [3.8, 4) is 0 Å². The highest BCUT2D eigenvalue weighted by Gasteiger charge is 2.40. The third-order valence-electron chi connectivity index (χ3n) is 4.56. The zero-order valence-electron chi connectivity index (χ0n) is 13.5. The fourth-order valence-corrected chi connectivity index (χ4v) is 3.17. The van der Waals surface area contributed by atoms with E-state index in [9.17, 15) is 4.79 Å². The van der Waals surface area contributed by atoms with E-state index in [1.807, 2.05) is 0 Å². The second-order valence-corrected chi connectivity index (χ2v) is 6.50. The van der Waals surface area contributed by atoms with Crippen LogP contribution in [-0.4, -0.2) is 30.6 Å². The number of carbonyl (C=O) groups excluding carboxylic acids is 1. The van der Waals surface area contributed by atoms with Gasteiger partial charge in [0.15, 0.2) is 5.78 Å². The van der Waals surface area contributed by atoms with Crippen LogP contribution in [0.15, 0.2) is 12.2 Å². The van der Waals surface area contributed by atoms with E-state index in [1.54, 1.807) is 6.08 Å². The first-order valence-electron chi connectivity index (χ1n) is 8.88. The first-order valence-corrected chi connectivity index (χ1v) is 8.88. The molecule has 0 spiro atoms. The molecular formula is C18H31NO2. The Morgan fingerprint density at radius 1 is 1.29 bits per heavy atom. The molecule has 0 bridgehead atoms. The highest BCUT2D eigenvalue weighted by Crippen LogP contribution is 2.32. The number of epoxide rings is 1. The lowest BCUT2D eigenvalue weighted by Gasteiger charge is -2.19. The molecule has 2 saturated heterocycles. The molecule has 3 nitrogen and oxygen atoms in total. The van der Waals surface area contributed by atoms with Crippen molar-refractivity contribution in [1.82, 2.24) is 5.32 Å². The SMILES string of the molecule is CCCCC/C=C/C(=O)CCCC1CC2OC2CCCN1. The zero-order valence-corrected chi connectivity index (χ0v) is 13.5. The number of hydrogen-bond acceptors (Lipinski definition) is 3. The van der Waals surface area contributed by atoms with Crippen LogP contribution in [0.1, 0.15) is 71.1 Å². The number of fused-ring (bicyclic) bond motifs is 1. The summed E-state index contributed by atoms with van der Waals surface area (Å²) >= 11 is 0. The van der Waals surface area contributed by atoms with Gasteiger partial charge >= 0.3 is 0 Å². The lowest BCUT2D eigenvalue weighted by Crippen LogP contribution is -2.33. The third kappa shape index (κ3) is 6.75. The van der Waals surface area contributed by atoms with Crippen molar-refractivity contribution in [3.63, 3.8) is 0 Å². The largest absolute Gasteiger partial charge is 0.370 e. The molecule has 2 aliphatic rings. The van der Waals surface area contributed by atoms with E-state index in [0.29, 0.717) is 24.7 Å². The lowest BCUT2D eigenvalue weighted by atomic mass is 9.99. The molecule has 0 aromatic rings. The molecule has 0 radical (unpaired) electrons. The van der Waals surface area contributed by atoms with Crippen LogP contribution in [0.2, 0.25) is 0 Å². The van der Waals surface area contributed by atoms with Crippen LogP contribution in [0.3, 0.4) is 0 Å². The van der Waals surface area contributed by atoms with E-state index in [1.165, 1.54) is 32.1 Å². The van der Waals surface area contributed by atoms with Crippen molar-refractivity contribution in [2.75, 3.05) is 6.54 Å². The van der Waals surface area contributed by atoms with Gasteiger partial charge in [-0.3, -0.25) is 4.79 Å². The molecule has 0 amide bonds. The Hall–Kier alpha value is -0.670. The second-order valence-electron chi connectivity index (χ2n) is 6.50. The number of allylic oxidation sites excluding steroid dienone is 2. The van der Waals surface area contributed by atoms with Gasteiger partial charge in [0.2, 0.25) is 0 Å². The maximum absolute atomic E-state index is 11.8. The highest BCUT2D eigenvalue weighted by atomic mass is 16.6. The number of nitrogens with one attached hydrogen (secondary N) is 1. The van der Waals surface area contributed by atoms with Gasteiger partial charge in [0.25, 0.3) is 0 Å². The van der Waals surface area contributed by atoms with Gasteiger partial charge in [0.1, 0.15) is 0 Å². The molecule has 2 rings (SSSR count). The zero-order chi connectivity index (χ0) is 14.9. The Bertz CT molecular complexity index is 340. The van der Waals surface area contributed by atoms with E-state index < -0.39 is 0 Å². The average molecular weight is 293 g/mol. The average Bonchev–Trinajstić information content (AvgIpc) is 3.17. The van der Waals surface area contributed by atoms with E-state index in [2.05, 4.69) is 18.3 Å². The molecule has 3 unspecified atom stereocenters. The molecule has 2 heterocycles. The van der Waals surface area contributed by atoms with E-state index in [-0.39, 0.29) is 5.78 Å². The minimum absolute atomic E-state index is 0.290. The van der Waals surface area contributed by atoms with Crippen LogP contribution in [-0.2, 0) is 9.53 Å². The summed E-state index contributed by atoms with van der Waals surface area (Å²) < 4.78 is 5.66. The maximum Gasteiger partial charge on any atom is 0.155 e. The number of ether oxygens (including phenoxy) is 1. The Labute approximate surface area is 129 Å². The molecule has 2 fully saturated rings. The molecule has 0 aliphatic carbocycles. The summed E-state index contributed by atoms with van der Waals surface area (Å²) in [6.45, 7) is 3.30. The number of rotatable bonds is 9. The second kappa shape index (κ2) is 9.37. The fourth-order valence-electron chi connectivity index (χ4n) is 3.17. The summed E-state index contributed by atoms with van der Waals surface area (Å²) in [6.07, 6.45) is 16.0. The standard InChI is InChI=1S/C18H31NO2/c1-2-3-4-5-6-10-16(20)11-7-9-15-14-18-17(21-18)12-8-13-19-15/h6,10,15,17-19H,2-5,7-9,11-14H2,1H3/b10-6+. The van der Waals surface area contributed by atoms with Gasteiger partial charge < -0.3 is 10.1 Å². The van der Waals surface area contributed by atoms with Crippen LogP contribution in [0, 0.1) is 0 Å². The molecule has 21 heavy (non-hydrogen) atoms. The lowest BCUT2D eigenvalue weighted by molar-refractivity contribution is -0.114. The van der Waals surface area contributed by atoms with Crippen LogP contribution in [0.25, 0.3) is 0 Å². The van der Waals surface area contributed by atoms with E-state index >= 15 is 0 Å². The summed E-state index contributed by atoms with van der Waals surface area (Å²) in [5.74, 6) is 0.290. The topological polar surface area (TPSA) is 41.6 Å². The van der Waals surface area contributed by atoms with Crippen molar-refractivity contribution < 1.29 is 9.53 Å². The van der Waals surface area contributed by atoms with Crippen LogP contribution in [0.5, 0.6) is 0 Å².